The van der Waals surface area contributed by atoms with Crippen molar-refractivity contribution in [3.63, 3.8) is 0 Å². The van der Waals surface area contributed by atoms with E-state index in [9.17, 15) is 17.6 Å². The number of halogens is 1. The van der Waals surface area contributed by atoms with Gasteiger partial charge in [-0.05, 0) is 60.5 Å². The number of nitrogens with one attached hydrogen (secondary N) is 1. The van der Waals surface area contributed by atoms with Gasteiger partial charge in [-0.2, -0.15) is 5.26 Å². The number of nitriles is 1. The van der Waals surface area contributed by atoms with E-state index in [1.807, 2.05) is 0 Å². The van der Waals surface area contributed by atoms with Crippen LogP contribution in [-0.4, -0.2) is 25.8 Å². The molecule has 0 fully saturated rings. The number of carbonyl (C=O) groups excluding carboxylic acids is 1. The molecule has 1 N–H and O–H groups in total. The fourth-order valence-corrected chi connectivity index (χ4v) is 4.19. The van der Waals surface area contributed by atoms with E-state index in [-0.39, 0.29) is 35.1 Å². The number of rotatable bonds is 8. The number of sulfonamides is 1. The average molecular weight is 464 g/mol. The van der Waals surface area contributed by atoms with Crippen molar-refractivity contribution in [2.75, 3.05) is 11.3 Å². The minimum Gasteiger partial charge on any atom is -0.331 e. The fraction of sp³-hybridized carbons (Fsp3) is 0.120. The molecule has 0 unspecified atom stereocenters. The van der Waals surface area contributed by atoms with Crippen LogP contribution in [0.2, 0.25) is 0 Å². The van der Waals surface area contributed by atoms with Crippen LogP contribution in [0, 0.1) is 24.1 Å². The molecule has 0 aliphatic heterocycles. The van der Waals surface area contributed by atoms with Gasteiger partial charge in [-0.1, -0.05) is 30.3 Å². The van der Waals surface area contributed by atoms with E-state index in [1.165, 1.54) is 24.3 Å². The molecule has 168 valence electrons. The van der Waals surface area contributed by atoms with Crippen LogP contribution in [0.15, 0.2) is 84.3 Å². The summed E-state index contributed by atoms with van der Waals surface area (Å²) in [5, 5.41) is 8.94. The Balaban J connectivity index is 1.82. The Kier molecular flexibility index (Phi) is 7.26. The summed E-state index contributed by atoms with van der Waals surface area (Å²) in [6.07, 6.45) is 1.60. The average Bonchev–Trinajstić information content (AvgIpc) is 2.80. The maximum atomic E-state index is 13.8. The summed E-state index contributed by atoms with van der Waals surface area (Å²) in [6, 6.07) is 18.7. The van der Waals surface area contributed by atoms with Gasteiger partial charge in [-0.25, -0.2) is 12.8 Å². The smallest absolute Gasteiger partial charge is 0.261 e. The summed E-state index contributed by atoms with van der Waals surface area (Å²) < 4.78 is 41.6. The molecule has 0 saturated carbocycles. The van der Waals surface area contributed by atoms with Gasteiger partial charge in [0.25, 0.3) is 15.9 Å². The van der Waals surface area contributed by atoms with Crippen molar-refractivity contribution in [2.45, 2.75) is 18.4 Å². The molecule has 0 saturated heterocycles. The zero-order valence-corrected chi connectivity index (χ0v) is 18.8. The number of hydrogen-bond donors (Lipinski definition) is 1. The summed E-state index contributed by atoms with van der Waals surface area (Å²) in [6.45, 7) is 5.80. The van der Waals surface area contributed by atoms with E-state index in [4.69, 9.17) is 5.26 Å². The van der Waals surface area contributed by atoms with Gasteiger partial charge >= 0.3 is 0 Å². The van der Waals surface area contributed by atoms with E-state index in [0.29, 0.717) is 11.1 Å². The lowest BCUT2D eigenvalue weighted by atomic mass is 10.1. The second kappa shape index (κ2) is 10.1. The Hall–Kier alpha value is -3.96. The summed E-state index contributed by atoms with van der Waals surface area (Å²) in [4.78, 5) is 14.5. The molecule has 0 radical (unpaired) electrons. The van der Waals surface area contributed by atoms with Crippen molar-refractivity contribution in [3.8, 4) is 6.07 Å². The topological polar surface area (TPSA) is 90.3 Å². The Bertz CT molecular complexity index is 1330. The first-order chi connectivity index (χ1) is 15.7. The lowest BCUT2D eigenvalue weighted by Crippen LogP contribution is -2.30. The van der Waals surface area contributed by atoms with Crippen molar-refractivity contribution in [1.82, 2.24) is 4.90 Å². The molecular formula is C25H22FN3O3S. The summed E-state index contributed by atoms with van der Waals surface area (Å²) in [5.74, 6) is -0.939. The molecule has 3 aromatic rings. The predicted octanol–water partition coefficient (Wildman–Crippen LogP) is 4.64. The Labute approximate surface area is 192 Å². The SMILES string of the molecule is C=CCN(Cc1ccc(C#N)cc1)C(=O)c1cccc(NS(=O)(=O)c2ccc(C)c(F)c2)c1. The minimum atomic E-state index is -4.04. The van der Waals surface area contributed by atoms with Crippen LogP contribution in [0.4, 0.5) is 10.1 Å². The van der Waals surface area contributed by atoms with E-state index in [2.05, 4.69) is 17.4 Å². The number of carbonyl (C=O) groups is 1. The van der Waals surface area contributed by atoms with Gasteiger partial charge in [0.2, 0.25) is 0 Å². The molecule has 0 aliphatic carbocycles. The van der Waals surface area contributed by atoms with Gasteiger partial charge in [0.15, 0.2) is 0 Å². The fourth-order valence-electron chi connectivity index (χ4n) is 3.13. The van der Waals surface area contributed by atoms with Crippen LogP contribution >= 0.6 is 0 Å². The number of amides is 1. The van der Waals surface area contributed by atoms with Gasteiger partial charge in [-0.3, -0.25) is 9.52 Å². The van der Waals surface area contributed by atoms with E-state index in [1.54, 1.807) is 54.3 Å². The Morgan fingerprint density at radius 2 is 1.88 bits per heavy atom. The zero-order chi connectivity index (χ0) is 24.0. The molecule has 8 heteroatoms. The number of nitrogens with zero attached hydrogens (tertiary/aromatic N) is 2. The van der Waals surface area contributed by atoms with Crippen LogP contribution in [0.1, 0.15) is 27.0 Å². The van der Waals surface area contributed by atoms with Crippen LogP contribution < -0.4 is 4.72 Å². The highest BCUT2D eigenvalue weighted by Crippen LogP contribution is 2.20. The molecule has 0 heterocycles. The maximum absolute atomic E-state index is 13.8. The number of benzene rings is 3. The number of aryl methyl sites for hydroxylation is 1. The Morgan fingerprint density at radius 3 is 2.52 bits per heavy atom. The van der Waals surface area contributed by atoms with E-state index in [0.717, 1.165) is 11.6 Å². The number of anilines is 1. The largest absolute Gasteiger partial charge is 0.331 e. The van der Waals surface area contributed by atoms with Crippen molar-refractivity contribution in [1.29, 1.82) is 5.26 Å². The molecule has 0 spiro atoms. The van der Waals surface area contributed by atoms with E-state index < -0.39 is 15.8 Å². The molecule has 3 aromatic carbocycles. The summed E-state index contributed by atoms with van der Waals surface area (Å²) in [5.41, 5.74) is 2.15. The highest BCUT2D eigenvalue weighted by molar-refractivity contribution is 7.92. The monoisotopic (exact) mass is 463 g/mol. The standard InChI is InChI=1S/C25H22FN3O3S/c1-3-13-29(17-20-10-8-19(16-27)9-11-20)25(30)21-5-4-6-22(14-21)28-33(31,32)23-12-7-18(2)24(26)15-23/h3-12,14-15,28H,1,13,17H2,2H3. The third kappa shape index (κ3) is 5.84. The van der Waals surface area contributed by atoms with Crippen LogP contribution in [-0.2, 0) is 16.6 Å². The first-order valence-corrected chi connectivity index (χ1v) is 11.5. The molecule has 0 atom stereocenters. The quantitative estimate of drug-likeness (QED) is 0.493. The highest BCUT2D eigenvalue weighted by atomic mass is 32.2. The van der Waals surface area contributed by atoms with Crippen molar-refractivity contribution < 1.29 is 17.6 Å². The second-order valence-corrected chi connectivity index (χ2v) is 9.06. The van der Waals surface area contributed by atoms with Gasteiger partial charge in [0.05, 0.1) is 16.5 Å². The van der Waals surface area contributed by atoms with Gasteiger partial charge < -0.3 is 4.90 Å². The Morgan fingerprint density at radius 1 is 1.15 bits per heavy atom. The molecule has 3 rings (SSSR count). The predicted molar refractivity (Wildman–Crippen MR) is 124 cm³/mol. The molecule has 0 aromatic heterocycles. The van der Waals surface area contributed by atoms with Crippen LogP contribution in [0.5, 0.6) is 0 Å². The summed E-state index contributed by atoms with van der Waals surface area (Å²) in [7, 11) is -4.04. The first-order valence-electron chi connectivity index (χ1n) is 10.0. The van der Waals surface area contributed by atoms with E-state index >= 15 is 0 Å². The molecular weight excluding hydrogens is 441 g/mol. The molecule has 0 aliphatic rings. The molecule has 6 nitrogen and oxygen atoms in total. The van der Waals surface area contributed by atoms with Gasteiger partial charge in [-0.15, -0.1) is 6.58 Å². The minimum absolute atomic E-state index is 0.179. The highest BCUT2D eigenvalue weighted by Gasteiger charge is 2.19. The second-order valence-electron chi connectivity index (χ2n) is 7.38. The van der Waals surface area contributed by atoms with Crippen LogP contribution in [0.25, 0.3) is 0 Å². The maximum Gasteiger partial charge on any atom is 0.261 e. The van der Waals surface area contributed by atoms with Crippen LogP contribution in [0.3, 0.4) is 0 Å². The van der Waals surface area contributed by atoms with Gasteiger partial charge in [0.1, 0.15) is 5.82 Å². The zero-order valence-electron chi connectivity index (χ0n) is 18.0. The summed E-state index contributed by atoms with van der Waals surface area (Å²) >= 11 is 0. The van der Waals surface area contributed by atoms with Crippen molar-refractivity contribution >= 4 is 21.6 Å². The van der Waals surface area contributed by atoms with Crippen molar-refractivity contribution in [2.24, 2.45) is 0 Å². The lowest BCUT2D eigenvalue weighted by Gasteiger charge is -2.22. The normalized spacial score (nSPS) is 10.8. The molecule has 33 heavy (non-hydrogen) atoms. The van der Waals surface area contributed by atoms with Crippen molar-refractivity contribution in [3.05, 3.63) is 107 Å². The molecule has 0 bridgehead atoms. The number of hydrogen-bond acceptors (Lipinski definition) is 4. The third-order valence-corrected chi connectivity index (χ3v) is 6.29. The molecule has 1 amide bonds. The van der Waals surface area contributed by atoms with Gasteiger partial charge in [0, 0.05) is 24.3 Å². The first kappa shape index (κ1) is 23.7. The lowest BCUT2D eigenvalue weighted by molar-refractivity contribution is 0.0762. The third-order valence-electron chi connectivity index (χ3n) is 4.91.